The van der Waals surface area contributed by atoms with Gasteiger partial charge in [0.2, 0.25) is 0 Å². The molecule has 3 fully saturated rings. The minimum atomic E-state index is -0.670. The van der Waals surface area contributed by atoms with Crippen molar-refractivity contribution in [1.29, 1.82) is 0 Å². The molecule has 4 rings (SSSR count). The maximum Gasteiger partial charge on any atom is 0.155 e. The summed E-state index contributed by atoms with van der Waals surface area (Å²) >= 11 is 0. The van der Waals surface area contributed by atoms with Gasteiger partial charge in [0.1, 0.15) is 6.17 Å². The van der Waals surface area contributed by atoms with Crippen LogP contribution < -0.4 is 0 Å². The van der Waals surface area contributed by atoms with Gasteiger partial charge in [-0.1, -0.05) is 25.8 Å². The van der Waals surface area contributed by atoms with Crippen molar-refractivity contribution in [2.24, 2.45) is 28.6 Å². The van der Waals surface area contributed by atoms with Gasteiger partial charge in [0.25, 0.3) is 0 Å². The number of ketones is 1. The maximum absolute atomic E-state index is 15.2. The van der Waals surface area contributed by atoms with Crippen LogP contribution in [-0.4, -0.2) is 12.0 Å². The Hall–Kier alpha value is -0.660. The van der Waals surface area contributed by atoms with Crippen LogP contribution in [0.2, 0.25) is 0 Å². The number of hydrogen-bond acceptors (Lipinski definition) is 1. The topological polar surface area (TPSA) is 17.1 Å². The second-order valence-corrected chi connectivity index (χ2v) is 8.65. The van der Waals surface area contributed by atoms with Crippen LogP contribution >= 0.6 is 0 Å². The van der Waals surface area contributed by atoms with E-state index in [1.165, 1.54) is 24.8 Å². The number of hydrogen-bond donors (Lipinski definition) is 0. The molecule has 0 radical (unpaired) electrons. The molecule has 0 N–H and O–H groups in total. The molecule has 1 nitrogen and oxygen atoms in total. The lowest BCUT2D eigenvalue weighted by atomic mass is 9.47. The van der Waals surface area contributed by atoms with E-state index in [1.54, 1.807) is 0 Å². The average Bonchev–Trinajstić information content (AvgIpc) is 2.80. The van der Waals surface area contributed by atoms with Crippen molar-refractivity contribution in [3.63, 3.8) is 0 Å². The summed E-state index contributed by atoms with van der Waals surface area (Å²) in [7, 11) is 0. The van der Waals surface area contributed by atoms with Gasteiger partial charge in [0.05, 0.1) is 0 Å². The molecule has 0 spiro atoms. The van der Waals surface area contributed by atoms with Crippen LogP contribution in [0.1, 0.15) is 65.2 Å². The molecule has 3 saturated carbocycles. The molecule has 0 aromatic rings. The Kier molecular flexibility index (Phi) is 2.94. The summed E-state index contributed by atoms with van der Waals surface area (Å²) in [5, 5.41) is 0. The van der Waals surface area contributed by atoms with Crippen molar-refractivity contribution in [2.75, 3.05) is 0 Å². The number of alkyl halides is 1. The second kappa shape index (κ2) is 4.43. The molecule has 0 aromatic carbocycles. The van der Waals surface area contributed by atoms with Crippen LogP contribution in [-0.2, 0) is 4.79 Å². The number of rotatable bonds is 0. The predicted octanol–water partition coefficient (Wildman–Crippen LogP) is 4.86. The molecule has 0 aliphatic heterocycles. The van der Waals surface area contributed by atoms with Crippen LogP contribution in [0, 0.1) is 28.6 Å². The third-order valence-electron chi connectivity index (χ3n) is 7.63. The predicted molar refractivity (Wildman–Crippen MR) is 81.6 cm³/mol. The zero-order valence-corrected chi connectivity index (χ0v) is 13.3. The fraction of sp³-hybridized carbons (Fsp3) is 0.842. The highest BCUT2D eigenvalue weighted by Gasteiger charge is 2.59. The van der Waals surface area contributed by atoms with E-state index in [-0.39, 0.29) is 22.5 Å². The van der Waals surface area contributed by atoms with E-state index in [2.05, 4.69) is 13.8 Å². The van der Waals surface area contributed by atoms with Crippen molar-refractivity contribution in [2.45, 2.75) is 71.4 Å². The lowest BCUT2D eigenvalue weighted by Crippen LogP contribution is -2.54. The molecule has 0 aromatic heterocycles. The van der Waals surface area contributed by atoms with E-state index in [4.69, 9.17) is 0 Å². The molecule has 116 valence electrons. The van der Waals surface area contributed by atoms with E-state index in [9.17, 15) is 4.79 Å². The van der Waals surface area contributed by atoms with Crippen molar-refractivity contribution >= 4 is 5.78 Å². The first kappa shape index (κ1) is 14.0. The van der Waals surface area contributed by atoms with E-state index in [1.807, 2.05) is 6.08 Å². The molecule has 4 aliphatic rings. The van der Waals surface area contributed by atoms with Crippen LogP contribution in [0.3, 0.4) is 0 Å². The van der Waals surface area contributed by atoms with Gasteiger partial charge in [-0.3, -0.25) is 4.79 Å². The molecule has 0 heterocycles. The summed E-state index contributed by atoms with van der Waals surface area (Å²) in [5.74, 6) is 1.71. The molecule has 0 saturated heterocycles. The molecule has 6 atom stereocenters. The van der Waals surface area contributed by atoms with Gasteiger partial charge in [-0.25, -0.2) is 4.39 Å². The fourth-order valence-electron chi connectivity index (χ4n) is 6.62. The monoisotopic (exact) mass is 290 g/mol. The zero-order chi connectivity index (χ0) is 14.8. The highest BCUT2D eigenvalue weighted by Crippen LogP contribution is 2.65. The molecule has 21 heavy (non-hydrogen) atoms. The van der Waals surface area contributed by atoms with Gasteiger partial charge in [0, 0.05) is 12.3 Å². The Balaban J connectivity index is 1.74. The number of halogens is 1. The van der Waals surface area contributed by atoms with Crippen LogP contribution in [0.25, 0.3) is 0 Å². The van der Waals surface area contributed by atoms with Crippen LogP contribution in [0.15, 0.2) is 11.6 Å². The Labute approximate surface area is 127 Å². The van der Waals surface area contributed by atoms with Gasteiger partial charge in [-0.05, 0) is 67.3 Å². The molecule has 1 unspecified atom stereocenters. The number of carbonyl (C=O) groups is 1. The Bertz CT molecular complexity index is 510. The normalized spacial score (nSPS) is 52.7. The summed E-state index contributed by atoms with van der Waals surface area (Å²) in [6.07, 6.45) is 9.41. The summed E-state index contributed by atoms with van der Waals surface area (Å²) in [4.78, 5) is 11.8. The van der Waals surface area contributed by atoms with Crippen molar-refractivity contribution in [3.05, 3.63) is 11.6 Å². The SMILES string of the molecule is C[C@@]12CCC[C@H]1[C@@H]1CCC3=CC(=O)CC[C@]3(C)[C@H]1C(F)C2. The summed E-state index contributed by atoms with van der Waals surface area (Å²) in [6.45, 7) is 4.60. The van der Waals surface area contributed by atoms with Gasteiger partial charge in [0.15, 0.2) is 5.78 Å². The maximum atomic E-state index is 15.2. The van der Waals surface area contributed by atoms with Gasteiger partial charge >= 0.3 is 0 Å². The first-order chi connectivity index (χ1) is 9.94. The smallest absolute Gasteiger partial charge is 0.155 e. The quantitative estimate of drug-likeness (QED) is 0.623. The summed E-state index contributed by atoms with van der Waals surface area (Å²) < 4.78 is 15.2. The van der Waals surface area contributed by atoms with Gasteiger partial charge in [-0.2, -0.15) is 0 Å². The zero-order valence-electron chi connectivity index (χ0n) is 13.3. The third-order valence-corrected chi connectivity index (χ3v) is 7.63. The Morgan fingerprint density at radius 2 is 2.00 bits per heavy atom. The molecule has 4 aliphatic carbocycles. The third kappa shape index (κ3) is 1.83. The summed E-state index contributed by atoms with van der Waals surface area (Å²) in [5.41, 5.74) is 1.48. The average molecular weight is 290 g/mol. The Morgan fingerprint density at radius 1 is 1.19 bits per heavy atom. The molecule has 2 heteroatoms. The first-order valence-electron chi connectivity index (χ1n) is 8.82. The highest BCUT2D eigenvalue weighted by molar-refractivity contribution is 5.91. The van der Waals surface area contributed by atoms with Crippen molar-refractivity contribution in [1.82, 2.24) is 0 Å². The van der Waals surface area contributed by atoms with Crippen LogP contribution in [0.5, 0.6) is 0 Å². The molecule has 0 amide bonds. The number of carbonyl (C=O) groups excluding carboxylic acids is 1. The lowest BCUT2D eigenvalue weighted by Gasteiger charge is -2.58. The van der Waals surface area contributed by atoms with Crippen LogP contribution in [0.4, 0.5) is 4.39 Å². The van der Waals surface area contributed by atoms with E-state index < -0.39 is 6.17 Å². The van der Waals surface area contributed by atoms with E-state index in [0.29, 0.717) is 12.3 Å². The Morgan fingerprint density at radius 3 is 2.81 bits per heavy atom. The molecular weight excluding hydrogens is 263 g/mol. The number of allylic oxidation sites excluding steroid dienone is 1. The second-order valence-electron chi connectivity index (χ2n) is 8.65. The largest absolute Gasteiger partial charge is 0.295 e. The molecule has 0 bridgehead atoms. The highest BCUT2D eigenvalue weighted by atomic mass is 19.1. The lowest BCUT2D eigenvalue weighted by molar-refractivity contribution is -0.119. The molecular formula is C19H27FO. The standard InChI is InChI=1S/C19H27FO/c1-18-8-3-4-15(18)14-6-5-12-10-13(21)7-9-19(12,2)17(14)16(20)11-18/h10,14-17H,3-9,11H2,1-2H3/t14-,15-,16?,17+,18-,19-/m0/s1. The number of fused-ring (bicyclic) bond motifs is 5. The minimum Gasteiger partial charge on any atom is -0.295 e. The van der Waals surface area contributed by atoms with Gasteiger partial charge in [-0.15, -0.1) is 0 Å². The van der Waals surface area contributed by atoms with E-state index >= 15 is 4.39 Å². The summed E-state index contributed by atoms with van der Waals surface area (Å²) in [6, 6.07) is 0. The minimum absolute atomic E-state index is 0.0415. The fourth-order valence-corrected chi connectivity index (χ4v) is 6.62. The van der Waals surface area contributed by atoms with Gasteiger partial charge < -0.3 is 0 Å². The van der Waals surface area contributed by atoms with Crippen molar-refractivity contribution in [3.8, 4) is 0 Å². The van der Waals surface area contributed by atoms with E-state index in [0.717, 1.165) is 31.6 Å². The first-order valence-corrected chi connectivity index (χ1v) is 8.82. The van der Waals surface area contributed by atoms with Crippen molar-refractivity contribution < 1.29 is 9.18 Å².